The largest absolute Gasteiger partial charge is 0.409 e. The highest BCUT2D eigenvalue weighted by Gasteiger charge is 2.52. The molecule has 2 aliphatic rings. The number of carbonyl (C=O) groups excluding carboxylic acids is 1. The van der Waals surface area contributed by atoms with Crippen molar-refractivity contribution >= 4 is 11.7 Å². The van der Waals surface area contributed by atoms with E-state index in [9.17, 15) is 4.79 Å². The fourth-order valence-electron chi connectivity index (χ4n) is 2.29. The molecule has 0 unspecified atom stereocenters. The first kappa shape index (κ1) is 10.3. The third-order valence-corrected chi connectivity index (χ3v) is 3.34. The highest BCUT2D eigenvalue weighted by Crippen LogP contribution is 2.46. The van der Waals surface area contributed by atoms with E-state index >= 15 is 0 Å². The van der Waals surface area contributed by atoms with Crippen LogP contribution >= 0.6 is 0 Å². The molecule has 2 fully saturated rings. The van der Waals surface area contributed by atoms with Crippen LogP contribution < -0.4 is 11.1 Å². The molecule has 0 aliphatic heterocycles. The Bertz CT molecular complexity index is 304. The second-order valence-corrected chi connectivity index (χ2v) is 4.83. The number of carbonyl (C=O) groups is 1. The number of nitrogens with one attached hydrogen (secondary N) is 1. The van der Waals surface area contributed by atoms with Crippen molar-refractivity contribution in [3.05, 3.63) is 0 Å². The van der Waals surface area contributed by atoms with E-state index in [4.69, 9.17) is 10.9 Å². The van der Waals surface area contributed by atoms with Crippen LogP contribution in [0.5, 0.6) is 0 Å². The number of amides is 1. The van der Waals surface area contributed by atoms with Crippen LogP contribution in [0, 0.1) is 11.3 Å². The highest BCUT2D eigenvalue weighted by atomic mass is 16.4. The minimum atomic E-state index is -0.739. The zero-order valence-corrected chi connectivity index (χ0v) is 8.86. The molecule has 2 rings (SSSR count). The smallest absolute Gasteiger partial charge is 0.234 e. The number of hydrogen-bond acceptors (Lipinski definition) is 3. The maximum absolute atomic E-state index is 12.0. The van der Waals surface area contributed by atoms with Crippen LogP contribution in [0.4, 0.5) is 0 Å². The Kier molecular flexibility index (Phi) is 2.32. The normalized spacial score (nSPS) is 35.8. The molecule has 15 heavy (non-hydrogen) atoms. The molecule has 0 aromatic carbocycles. The van der Waals surface area contributed by atoms with Gasteiger partial charge in [0.25, 0.3) is 0 Å². The van der Waals surface area contributed by atoms with Crippen molar-refractivity contribution in [1.29, 1.82) is 0 Å². The number of hydrogen-bond donors (Lipinski definition) is 3. The van der Waals surface area contributed by atoms with Gasteiger partial charge in [-0.3, -0.25) is 4.79 Å². The predicted octanol–water partition coefficient (Wildman–Crippen LogP) is 0.428. The summed E-state index contributed by atoms with van der Waals surface area (Å²) in [5.74, 6) is 0.451. The van der Waals surface area contributed by atoms with Gasteiger partial charge in [0, 0.05) is 6.04 Å². The molecular formula is C10H17N3O2. The molecule has 2 aliphatic carbocycles. The zero-order chi connectivity index (χ0) is 11.1. The van der Waals surface area contributed by atoms with Crippen LogP contribution in [-0.2, 0) is 4.79 Å². The maximum atomic E-state index is 12.0. The summed E-state index contributed by atoms with van der Waals surface area (Å²) < 4.78 is 0. The average Bonchev–Trinajstić information content (AvgIpc) is 2.94. The van der Waals surface area contributed by atoms with Crippen molar-refractivity contribution in [3.8, 4) is 0 Å². The molecule has 0 bridgehead atoms. The second-order valence-electron chi connectivity index (χ2n) is 4.83. The van der Waals surface area contributed by atoms with Crippen LogP contribution in [-0.4, -0.2) is 23.0 Å². The minimum Gasteiger partial charge on any atom is -0.409 e. The van der Waals surface area contributed by atoms with Crippen LogP contribution in [0.25, 0.3) is 0 Å². The van der Waals surface area contributed by atoms with Gasteiger partial charge in [0.1, 0.15) is 5.41 Å². The second kappa shape index (κ2) is 3.40. The molecule has 0 aromatic rings. The van der Waals surface area contributed by atoms with E-state index in [1.165, 1.54) is 0 Å². The molecule has 4 N–H and O–H groups in total. The Labute approximate surface area is 88.7 Å². The maximum Gasteiger partial charge on any atom is 0.234 e. The van der Waals surface area contributed by atoms with Crippen LogP contribution in [0.3, 0.4) is 0 Å². The molecule has 2 saturated carbocycles. The lowest BCUT2D eigenvalue weighted by molar-refractivity contribution is -0.133. The van der Waals surface area contributed by atoms with Crippen molar-refractivity contribution < 1.29 is 10.0 Å². The first-order valence-electron chi connectivity index (χ1n) is 5.37. The minimum absolute atomic E-state index is 0.0544. The van der Waals surface area contributed by atoms with Gasteiger partial charge in [-0.1, -0.05) is 12.1 Å². The van der Waals surface area contributed by atoms with Crippen LogP contribution in [0.2, 0.25) is 0 Å². The van der Waals surface area contributed by atoms with Crippen LogP contribution in [0.15, 0.2) is 5.16 Å². The number of nitrogens with zero attached hydrogens (tertiary/aromatic N) is 1. The number of rotatable bonds is 3. The molecule has 5 nitrogen and oxygen atoms in total. The van der Waals surface area contributed by atoms with Gasteiger partial charge in [-0.25, -0.2) is 0 Å². The van der Waals surface area contributed by atoms with E-state index in [0.717, 1.165) is 12.8 Å². The Morgan fingerprint density at radius 1 is 1.53 bits per heavy atom. The van der Waals surface area contributed by atoms with Gasteiger partial charge in [-0.15, -0.1) is 0 Å². The molecule has 0 spiro atoms. The van der Waals surface area contributed by atoms with Crippen molar-refractivity contribution in [2.75, 3.05) is 0 Å². The van der Waals surface area contributed by atoms with E-state index in [-0.39, 0.29) is 11.7 Å². The topological polar surface area (TPSA) is 87.7 Å². The highest BCUT2D eigenvalue weighted by molar-refractivity contribution is 6.07. The van der Waals surface area contributed by atoms with E-state index in [2.05, 4.69) is 17.4 Å². The number of nitrogens with two attached hydrogens (primary N) is 1. The molecule has 0 saturated heterocycles. The number of amidine groups is 1. The molecule has 0 radical (unpaired) electrons. The lowest BCUT2D eigenvalue weighted by Gasteiger charge is -2.43. The molecule has 0 aromatic heterocycles. The molecule has 0 atom stereocenters. The quantitative estimate of drug-likeness (QED) is 0.274. The van der Waals surface area contributed by atoms with Gasteiger partial charge in [0.05, 0.1) is 0 Å². The molecule has 1 amide bonds. The van der Waals surface area contributed by atoms with Crippen molar-refractivity contribution in [2.45, 2.75) is 38.6 Å². The Hall–Kier alpha value is -1.26. The third kappa shape index (κ3) is 1.66. The van der Waals surface area contributed by atoms with Crippen molar-refractivity contribution in [2.24, 2.45) is 22.2 Å². The SMILES string of the molecule is CC1CC(C(=O)NC2CC2)(C(N)=NO)C1. The van der Waals surface area contributed by atoms with E-state index in [0.29, 0.717) is 24.8 Å². The summed E-state index contributed by atoms with van der Waals surface area (Å²) >= 11 is 0. The van der Waals surface area contributed by atoms with Gasteiger partial charge in [0.15, 0.2) is 5.84 Å². The fraction of sp³-hybridized carbons (Fsp3) is 0.800. The Morgan fingerprint density at radius 3 is 2.53 bits per heavy atom. The standard InChI is InChI=1S/C10H17N3O2/c1-6-4-10(5-6,8(11)13-15)9(14)12-7-2-3-7/h6-7,15H,2-5H2,1H3,(H2,11,13)(H,12,14). The van der Waals surface area contributed by atoms with Crippen molar-refractivity contribution in [3.63, 3.8) is 0 Å². The van der Waals surface area contributed by atoms with Crippen LogP contribution in [0.1, 0.15) is 32.6 Å². The van der Waals surface area contributed by atoms with Gasteiger partial charge in [-0.2, -0.15) is 0 Å². The van der Waals surface area contributed by atoms with Gasteiger partial charge in [-0.05, 0) is 31.6 Å². The van der Waals surface area contributed by atoms with Crippen molar-refractivity contribution in [1.82, 2.24) is 5.32 Å². The lowest BCUT2D eigenvalue weighted by atomic mass is 9.61. The summed E-state index contributed by atoms with van der Waals surface area (Å²) in [5.41, 5.74) is 4.87. The summed E-state index contributed by atoms with van der Waals surface area (Å²) in [6.45, 7) is 2.06. The third-order valence-electron chi connectivity index (χ3n) is 3.34. The summed E-state index contributed by atoms with van der Waals surface area (Å²) in [7, 11) is 0. The van der Waals surface area contributed by atoms with E-state index < -0.39 is 5.41 Å². The Morgan fingerprint density at radius 2 is 2.13 bits per heavy atom. The van der Waals surface area contributed by atoms with Gasteiger partial charge >= 0.3 is 0 Å². The van der Waals surface area contributed by atoms with Gasteiger partial charge in [0.2, 0.25) is 5.91 Å². The summed E-state index contributed by atoms with van der Waals surface area (Å²) in [6.07, 6.45) is 3.46. The number of oxime groups is 1. The first-order valence-corrected chi connectivity index (χ1v) is 5.37. The zero-order valence-electron chi connectivity index (χ0n) is 8.86. The predicted molar refractivity (Wildman–Crippen MR) is 55.4 cm³/mol. The fourth-order valence-corrected chi connectivity index (χ4v) is 2.29. The molecular weight excluding hydrogens is 194 g/mol. The Balaban J connectivity index is 2.08. The van der Waals surface area contributed by atoms with E-state index in [1.54, 1.807) is 0 Å². The average molecular weight is 211 g/mol. The summed E-state index contributed by atoms with van der Waals surface area (Å²) in [6, 6.07) is 0.316. The van der Waals surface area contributed by atoms with Gasteiger partial charge < -0.3 is 16.3 Å². The first-order chi connectivity index (χ1) is 7.08. The van der Waals surface area contributed by atoms with E-state index in [1.807, 2.05) is 0 Å². The molecule has 5 heteroatoms. The summed E-state index contributed by atoms with van der Waals surface area (Å²) in [4.78, 5) is 12.0. The molecule has 84 valence electrons. The lowest BCUT2D eigenvalue weighted by Crippen LogP contribution is -2.57. The summed E-state index contributed by atoms with van der Waals surface area (Å²) in [5, 5.41) is 14.6. The monoisotopic (exact) mass is 211 g/mol. The molecule has 0 heterocycles.